The molecule has 0 saturated heterocycles. The number of H-pyrrole nitrogens is 2. The Labute approximate surface area is 231 Å². The van der Waals surface area contributed by atoms with E-state index in [2.05, 4.69) is 96.2 Å². The van der Waals surface area contributed by atoms with E-state index in [0.717, 1.165) is 62.9 Å². The normalized spacial score (nSPS) is 13.2. The van der Waals surface area contributed by atoms with Crippen molar-refractivity contribution in [2.75, 3.05) is 0 Å². The molecule has 40 heavy (non-hydrogen) atoms. The molecule has 0 bridgehead atoms. The highest BCUT2D eigenvalue weighted by Gasteiger charge is 2.23. The topological polar surface area (TPSA) is 83.1 Å². The van der Waals surface area contributed by atoms with E-state index < -0.39 is 0 Å². The maximum Gasteiger partial charge on any atom is 0.116 e. The van der Waals surface area contributed by atoms with E-state index in [4.69, 9.17) is 9.97 Å². The summed E-state index contributed by atoms with van der Waals surface area (Å²) in [5, 5.41) is 5.86. The molecule has 0 fully saturated rings. The molecule has 7 aromatic rings. The summed E-state index contributed by atoms with van der Waals surface area (Å²) < 4.78 is 0. The number of hydrogen-bond donors (Lipinski definition) is 2. The number of nitrogens with zero attached hydrogens (tertiary/aromatic N) is 4. The Hall–Kier alpha value is -4.58. The summed E-state index contributed by atoms with van der Waals surface area (Å²) in [7, 11) is 0. The molecular formula is C34H30N6. The van der Waals surface area contributed by atoms with Crippen molar-refractivity contribution in [2.24, 2.45) is 0 Å². The van der Waals surface area contributed by atoms with Crippen LogP contribution in [0.3, 0.4) is 0 Å². The van der Waals surface area contributed by atoms with Crippen molar-refractivity contribution in [3.05, 3.63) is 84.0 Å². The number of rotatable bonds is 3. The molecule has 6 nitrogen and oxygen atoms in total. The Bertz CT molecular complexity index is 2130. The first kappa shape index (κ1) is 23.3. The first-order valence-electron chi connectivity index (χ1n) is 14.2. The highest BCUT2D eigenvalue weighted by Crippen LogP contribution is 2.40. The maximum atomic E-state index is 4.98. The Morgan fingerprint density at radius 1 is 0.700 bits per heavy atom. The Morgan fingerprint density at radius 3 is 2.30 bits per heavy atom. The molecule has 1 aliphatic rings. The van der Waals surface area contributed by atoms with Crippen molar-refractivity contribution in [2.45, 2.75) is 52.4 Å². The van der Waals surface area contributed by atoms with Gasteiger partial charge >= 0.3 is 0 Å². The lowest BCUT2D eigenvalue weighted by atomic mass is 9.87. The van der Waals surface area contributed by atoms with E-state index in [1.807, 2.05) is 6.20 Å². The molecule has 2 N–H and O–H groups in total. The van der Waals surface area contributed by atoms with Crippen LogP contribution in [0.25, 0.3) is 65.9 Å². The van der Waals surface area contributed by atoms with Crippen LogP contribution in [-0.4, -0.2) is 29.9 Å². The van der Waals surface area contributed by atoms with Crippen molar-refractivity contribution >= 4 is 43.5 Å². The molecular weight excluding hydrogens is 492 g/mol. The minimum absolute atomic E-state index is 0.304. The highest BCUT2D eigenvalue weighted by atomic mass is 15.0. The SMILES string of the molecule is CC(C)c1nc2c([nH]1)CCc1c-2ccc2cc(-c3ccc4c(c3)c3cncnc3c3[nH]c(C(C)C)nc43)ccc12. The van der Waals surface area contributed by atoms with E-state index in [-0.39, 0.29) is 0 Å². The standard InChI is InChI=1S/C34H30N6/c1-17(2)33-37-28-12-11-23-22-8-5-19(13-21(22)7-10-24(23)29(28)38-33)20-6-9-25-26(14-20)27-15-35-16-36-30(27)32-31(25)39-34(40-32)18(3)4/h5-10,13-18H,11-12H2,1-4H3,(H,37,38)(H,39,40). The molecule has 0 unspecified atom stereocenters. The summed E-state index contributed by atoms with van der Waals surface area (Å²) in [6.07, 6.45) is 5.57. The number of hydrogen-bond acceptors (Lipinski definition) is 4. The summed E-state index contributed by atoms with van der Waals surface area (Å²) >= 11 is 0. The molecule has 0 saturated carbocycles. The minimum atomic E-state index is 0.304. The first-order valence-corrected chi connectivity index (χ1v) is 14.2. The summed E-state index contributed by atoms with van der Waals surface area (Å²) in [5.74, 6) is 2.75. The van der Waals surface area contributed by atoms with Gasteiger partial charge in [0.1, 0.15) is 18.0 Å². The fourth-order valence-electron chi connectivity index (χ4n) is 6.33. The van der Waals surface area contributed by atoms with Crippen LogP contribution in [0.15, 0.2) is 61.1 Å². The van der Waals surface area contributed by atoms with Crippen LogP contribution in [-0.2, 0) is 12.8 Å². The largest absolute Gasteiger partial charge is 0.345 e. The lowest BCUT2D eigenvalue weighted by molar-refractivity contribution is 0.787. The molecule has 3 aromatic heterocycles. The molecule has 0 atom stereocenters. The van der Waals surface area contributed by atoms with Gasteiger partial charge in [-0.1, -0.05) is 64.1 Å². The second-order valence-corrected chi connectivity index (χ2v) is 11.7. The minimum Gasteiger partial charge on any atom is -0.345 e. The van der Waals surface area contributed by atoms with Gasteiger partial charge in [-0.3, -0.25) is 0 Å². The van der Waals surface area contributed by atoms with Crippen LogP contribution in [0.5, 0.6) is 0 Å². The van der Waals surface area contributed by atoms with Crippen molar-refractivity contribution in [3.8, 4) is 22.4 Å². The Balaban J connectivity index is 1.28. The van der Waals surface area contributed by atoms with Gasteiger partial charge in [0, 0.05) is 40.1 Å². The predicted molar refractivity (Wildman–Crippen MR) is 163 cm³/mol. The second kappa shape index (κ2) is 8.46. The summed E-state index contributed by atoms with van der Waals surface area (Å²) in [4.78, 5) is 26.1. The monoisotopic (exact) mass is 522 g/mol. The zero-order valence-electron chi connectivity index (χ0n) is 23.1. The Kier molecular flexibility index (Phi) is 4.93. The van der Waals surface area contributed by atoms with Crippen LogP contribution in [0.1, 0.15) is 62.4 Å². The summed E-state index contributed by atoms with van der Waals surface area (Å²) in [6, 6.07) is 18.1. The molecule has 0 radical (unpaired) electrons. The lowest BCUT2D eigenvalue weighted by Crippen LogP contribution is -2.04. The second-order valence-electron chi connectivity index (χ2n) is 11.7. The smallest absolute Gasteiger partial charge is 0.116 e. The molecule has 1 aliphatic carbocycles. The van der Waals surface area contributed by atoms with Gasteiger partial charge in [-0.15, -0.1) is 0 Å². The first-order chi connectivity index (χ1) is 19.5. The van der Waals surface area contributed by atoms with Crippen LogP contribution >= 0.6 is 0 Å². The van der Waals surface area contributed by atoms with Crippen molar-refractivity contribution in [1.82, 2.24) is 29.9 Å². The van der Waals surface area contributed by atoms with Crippen LogP contribution in [0.2, 0.25) is 0 Å². The third kappa shape index (κ3) is 3.35. The molecule has 8 rings (SSSR count). The van der Waals surface area contributed by atoms with Crippen molar-refractivity contribution < 1.29 is 0 Å². The van der Waals surface area contributed by atoms with Gasteiger partial charge in [0.2, 0.25) is 0 Å². The molecule has 196 valence electrons. The average Bonchev–Trinajstić information content (AvgIpc) is 3.63. The number of fused-ring (bicyclic) bond motifs is 11. The molecule has 0 amide bonds. The third-order valence-corrected chi connectivity index (χ3v) is 8.47. The zero-order chi connectivity index (χ0) is 27.1. The fraction of sp³-hybridized carbons (Fsp3) is 0.235. The Morgan fingerprint density at radius 2 is 1.48 bits per heavy atom. The van der Waals surface area contributed by atoms with E-state index in [0.29, 0.717) is 11.8 Å². The number of nitrogens with one attached hydrogen (secondary N) is 2. The third-order valence-electron chi connectivity index (χ3n) is 8.47. The van der Waals surface area contributed by atoms with E-state index in [9.17, 15) is 0 Å². The maximum absolute atomic E-state index is 4.98. The number of imidazole rings is 2. The number of aryl methyl sites for hydroxylation is 2. The van der Waals surface area contributed by atoms with Gasteiger partial charge in [-0.2, -0.15) is 0 Å². The fourth-order valence-corrected chi connectivity index (χ4v) is 6.33. The summed E-state index contributed by atoms with van der Waals surface area (Å²) in [6.45, 7) is 8.69. The molecule has 3 heterocycles. The predicted octanol–water partition coefficient (Wildman–Crippen LogP) is 8.22. The van der Waals surface area contributed by atoms with Gasteiger partial charge < -0.3 is 9.97 Å². The van der Waals surface area contributed by atoms with Gasteiger partial charge in [0.15, 0.2) is 0 Å². The molecule has 6 heteroatoms. The van der Waals surface area contributed by atoms with Crippen molar-refractivity contribution in [3.63, 3.8) is 0 Å². The average molecular weight is 523 g/mol. The zero-order valence-corrected chi connectivity index (χ0v) is 23.1. The van der Waals surface area contributed by atoms with E-state index in [1.165, 1.54) is 38.7 Å². The number of benzene rings is 4. The number of aromatic nitrogens is 6. The van der Waals surface area contributed by atoms with E-state index >= 15 is 0 Å². The number of aromatic amines is 2. The molecule has 0 spiro atoms. The lowest BCUT2D eigenvalue weighted by Gasteiger charge is -2.18. The van der Waals surface area contributed by atoms with Crippen LogP contribution < -0.4 is 0 Å². The van der Waals surface area contributed by atoms with Gasteiger partial charge in [0.25, 0.3) is 0 Å². The van der Waals surface area contributed by atoms with Crippen molar-refractivity contribution in [1.29, 1.82) is 0 Å². The molecule has 4 aromatic carbocycles. The quantitative estimate of drug-likeness (QED) is 0.229. The van der Waals surface area contributed by atoms with E-state index in [1.54, 1.807) is 6.33 Å². The van der Waals surface area contributed by atoms with Gasteiger partial charge in [-0.25, -0.2) is 19.9 Å². The molecule has 0 aliphatic heterocycles. The highest BCUT2D eigenvalue weighted by molar-refractivity contribution is 6.22. The van der Waals surface area contributed by atoms with Gasteiger partial charge in [0.05, 0.1) is 22.2 Å². The van der Waals surface area contributed by atoms with Crippen LogP contribution in [0, 0.1) is 0 Å². The van der Waals surface area contributed by atoms with Crippen LogP contribution in [0.4, 0.5) is 0 Å². The van der Waals surface area contributed by atoms with Gasteiger partial charge in [-0.05, 0) is 57.8 Å². The summed E-state index contributed by atoms with van der Waals surface area (Å²) in [5.41, 5.74) is 10.3.